The van der Waals surface area contributed by atoms with Crippen LogP contribution in [0.25, 0.3) is 0 Å². The summed E-state index contributed by atoms with van der Waals surface area (Å²) in [6, 6.07) is 7.44. The summed E-state index contributed by atoms with van der Waals surface area (Å²) < 4.78 is 14.6. The van der Waals surface area contributed by atoms with Gasteiger partial charge < -0.3 is 4.57 Å². The number of nitrogens with one attached hydrogen (secondary N) is 1. The molecule has 2 aromatic rings. The summed E-state index contributed by atoms with van der Waals surface area (Å²) in [4.78, 5) is 24.5. The largest absolute Gasteiger partial charge is 0.307 e. The molecule has 0 fully saturated rings. The van der Waals surface area contributed by atoms with Gasteiger partial charge in [0.05, 0.1) is 6.54 Å². The molecule has 128 valence electrons. The number of amides is 1. The van der Waals surface area contributed by atoms with Crippen molar-refractivity contribution in [2.24, 2.45) is 0 Å². The van der Waals surface area contributed by atoms with Gasteiger partial charge in [0.2, 0.25) is 0 Å². The van der Waals surface area contributed by atoms with Gasteiger partial charge >= 0.3 is 0 Å². The SMILES string of the molecule is CCCc1c(CC)cc(C(=O)NO)c(=O)n1Cc1ccc(F)cc1. The number of carbonyl (C=O) groups is 1. The highest BCUT2D eigenvalue weighted by atomic mass is 19.1. The zero-order valence-electron chi connectivity index (χ0n) is 13.8. The molecule has 0 atom stereocenters. The van der Waals surface area contributed by atoms with E-state index in [0.717, 1.165) is 23.2 Å². The molecule has 0 unspecified atom stereocenters. The first-order valence-electron chi connectivity index (χ1n) is 7.96. The summed E-state index contributed by atoms with van der Waals surface area (Å²) in [5, 5.41) is 8.87. The Bertz CT molecular complexity index is 782. The number of nitrogens with zero attached hydrogens (tertiary/aromatic N) is 1. The predicted molar refractivity (Wildman–Crippen MR) is 88.8 cm³/mol. The van der Waals surface area contributed by atoms with E-state index in [1.54, 1.807) is 22.8 Å². The lowest BCUT2D eigenvalue weighted by Gasteiger charge is -2.18. The third kappa shape index (κ3) is 3.71. The van der Waals surface area contributed by atoms with Crippen LogP contribution in [0, 0.1) is 5.82 Å². The van der Waals surface area contributed by atoms with E-state index >= 15 is 0 Å². The fraction of sp³-hybridized carbons (Fsp3) is 0.333. The summed E-state index contributed by atoms with van der Waals surface area (Å²) in [5.41, 5.74) is 3.47. The van der Waals surface area contributed by atoms with E-state index in [1.165, 1.54) is 17.6 Å². The molecule has 6 heteroatoms. The van der Waals surface area contributed by atoms with Crippen molar-refractivity contribution in [2.45, 2.75) is 39.7 Å². The molecule has 24 heavy (non-hydrogen) atoms. The minimum absolute atomic E-state index is 0.101. The molecule has 0 saturated heterocycles. The Labute approximate surface area is 139 Å². The number of hydrogen-bond donors (Lipinski definition) is 2. The topological polar surface area (TPSA) is 71.3 Å². The van der Waals surface area contributed by atoms with Crippen molar-refractivity contribution in [3.63, 3.8) is 0 Å². The van der Waals surface area contributed by atoms with Crippen LogP contribution < -0.4 is 11.0 Å². The quantitative estimate of drug-likeness (QED) is 0.631. The minimum Gasteiger partial charge on any atom is -0.307 e. The zero-order chi connectivity index (χ0) is 17.7. The fourth-order valence-electron chi connectivity index (χ4n) is 2.76. The van der Waals surface area contributed by atoms with Crippen molar-refractivity contribution in [2.75, 3.05) is 0 Å². The molecule has 1 heterocycles. The average molecular weight is 332 g/mol. The molecule has 1 aromatic carbocycles. The molecular weight excluding hydrogens is 311 g/mol. The van der Waals surface area contributed by atoms with Crippen LogP contribution in [0.3, 0.4) is 0 Å². The van der Waals surface area contributed by atoms with E-state index in [0.29, 0.717) is 12.8 Å². The lowest BCUT2D eigenvalue weighted by atomic mass is 10.0. The first-order valence-corrected chi connectivity index (χ1v) is 7.96. The monoisotopic (exact) mass is 332 g/mol. The molecule has 2 N–H and O–H groups in total. The van der Waals surface area contributed by atoms with E-state index in [9.17, 15) is 14.0 Å². The highest BCUT2D eigenvalue weighted by Gasteiger charge is 2.18. The predicted octanol–water partition coefficient (Wildman–Crippen LogP) is 2.67. The number of hydroxylamine groups is 1. The van der Waals surface area contributed by atoms with Crippen molar-refractivity contribution in [3.8, 4) is 0 Å². The molecule has 0 radical (unpaired) electrons. The highest BCUT2D eigenvalue weighted by Crippen LogP contribution is 2.15. The molecule has 1 amide bonds. The van der Waals surface area contributed by atoms with Gasteiger partial charge in [-0.3, -0.25) is 14.8 Å². The van der Waals surface area contributed by atoms with Gasteiger partial charge in [0.1, 0.15) is 11.4 Å². The van der Waals surface area contributed by atoms with E-state index in [4.69, 9.17) is 5.21 Å². The molecule has 0 aliphatic rings. The Balaban J connectivity index is 2.62. The van der Waals surface area contributed by atoms with Crippen LogP contribution in [0.1, 0.15) is 47.4 Å². The van der Waals surface area contributed by atoms with Gasteiger partial charge in [0, 0.05) is 5.69 Å². The van der Waals surface area contributed by atoms with Crippen LogP contribution in [0.4, 0.5) is 4.39 Å². The molecule has 0 aliphatic carbocycles. The first kappa shape index (κ1) is 17.9. The second-order valence-electron chi connectivity index (χ2n) is 5.59. The fourth-order valence-corrected chi connectivity index (χ4v) is 2.76. The number of aryl methyl sites for hydroxylation is 1. The number of pyridine rings is 1. The Hall–Kier alpha value is -2.47. The van der Waals surface area contributed by atoms with Gasteiger partial charge in [0.25, 0.3) is 11.5 Å². The molecule has 0 bridgehead atoms. The maximum atomic E-state index is 13.1. The van der Waals surface area contributed by atoms with Gasteiger partial charge in [0.15, 0.2) is 0 Å². The number of rotatable bonds is 6. The summed E-state index contributed by atoms with van der Waals surface area (Å²) in [5.74, 6) is -1.17. The minimum atomic E-state index is -0.828. The van der Waals surface area contributed by atoms with Gasteiger partial charge in [-0.2, -0.15) is 0 Å². The highest BCUT2D eigenvalue weighted by molar-refractivity contribution is 5.93. The maximum Gasteiger partial charge on any atom is 0.280 e. The number of benzene rings is 1. The van der Waals surface area contributed by atoms with Crippen LogP contribution in [0.2, 0.25) is 0 Å². The number of hydrogen-bond acceptors (Lipinski definition) is 3. The van der Waals surface area contributed by atoms with Gasteiger partial charge in [-0.1, -0.05) is 32.4 Å². The second kappa shape index (κ2) is 7.88. The smallest absolute Gasteiger partial charge is 0.280 e. The lowest BCUT2D eigenvalue weighted by Crippen LogP contribution is -2.34. The molecular formula is C18H21FN2O3. The van der Waals surface area contributed by atoms with Crippen molar-refractivity contribution >= 4 is 5.91 Å². The molecule has 0 saturated carbocycles. The molecule has 2 rings (SSSR count). The number of carbonyl (C=O) groups excluding carboxylic acids is 1. The first-order chi connectivity index (χ1) is 11.5. The number of aromatic nitrogens is 1. The van der Waals surface area contributed by atoms with Gasteiger partial charge in [-0.05, 0) is 42.2 Å². The van der Waals surface area contributed by atoms with Gasteiger partial charge in [-0.25, -0.2) is 9.87 Å². The van der Waals surface area contributed by atoms with Crippen molar-refractivity contribution in [3.05, 3.63) is 68.9 Å². The van der Waals surface area contributed by atoms with E-state index in [-0.39, 0.29) is 17.9 Å². The summed E-state index contributed by atoms with van der Waals surface area (Å²) in [6.45, 7) is 4.20. The molecule has 5 nitrogen and oxygen atoms in total. The maximum absolute atomic E-state index is 13.1. The van der Waals surface area contributed by atoms with Crippen molar-refractivity contribution in [1.29, 1.82) is 0 Å². The Kier molecular flexibility index (Phi) is 5.87. The standard InChI is InChI=1S/C18H21FN2O3/c1-3-5-16-13(4-2)10-15(17(22)20-24)18(23)21(16)11-12-6-8-14(19)9-7-12/h6-10,24H,3-5,11H2,1-2H3,(H,20,22). The third-order valence-electron chi connectivity index (χ3n) is 3.96. The second-order valence-corrected chi connectivity index (χ2v) is 5.59. The summed E-state index contributed by atoms with van der Waals surface area (Å²) in [7, 11) is 0. The van der Waals surface area contributed by atoms with E-state index in [1.807, 2.05) is 13.8 Å². The zero-order valence-corrected chi connectivity index (χ0v) is 13.8. The van der Waals surface area contributed by atoms with E-state index in [2.05, 4.69) is 0 Å². The van der Waals surface area contributed by atoms with Crippen LogP contribution >= 0.6 is 0 Å². The summed E-state index contributed by atoms with van der Waals surface area (Å²) >= 11 is 0. The van der Waals surface area contributed by atoms with Crippen molar-refractivity contribution in [1.82, 2.24) is 10.0 Å². The van der Waals surface area contributed by atoms with Crippen molar-refractivity contribution < 1.29 is 14.4 Å². The Morgan fingerprint density at radius 1 is 1.25 bits per heavy atom. The average Bonchev–Trinajstić information content (AvgIpc) is 2.59. The van der Waals surface area contributed by atoms with E-state index < -0.39 is 11.5 Å². The Morgan fingerprint density at radius 2 is 1.92 bits per heavy atom. The van der Waals surface area contributed by atoms with Crippen LogP contribution in [-0.4, -0.2) is 15.7 Å². The lowest BCUT2D eigenvalue weighted by molar-refractivity contribution is 0.0704. The van der Waals surface area contributed by atoms with Crippen LogP contribution in [0.5, 0.6) is 0 Å². The summed E-state index contributed by atoms with van der Waals surface area (Å²) in [6.07, 6.45) is 2.20. The molecule has 0 spiro atoms. The Morgan fingerprint density at radius 3 is 2.46 bits per heavy atom. The third-order valence-corrected chi connectivity index (χ3v) is 3.96. The molecule has 0 aliphatic heterocycles. The van der Waals surface area contributed by atoms with Gasteiger partial charge in [-0.15, -0.1) is 0 Å². The molecule has 1 aromatic heterocycles. The van der Waals surface area contributed by atoms with Crippen LogP contribution in [0.15, 0.2) is 35.1 Å². The van der Waals surface area contributed by atoms with Crippen LogP contribution in [-0.2, 0) is 19.4 Å². The normalized spacial score (nSPS) is 10.7. The number of halogens is 1.